The zero-order chi connectivity index (χ0) is 27.9. The lowest BCUT2D eigenvalue weighted by molar-refractivity contribution is -0.139. The molecule has 39 heavy (non-hydrogen) atoms. The van der Waals surface area contributed by atoms with Gasteiger partial charge in [0.05, 0.1) is 49.3 Å². The number of esters is 1. The van der Waals surface area contributed by atoms with E-state index in [4.69, 9.17) is 18.9 Å². The van der Waals surface area contributed by atoms with Crippen molar-refractivity contribution in [3.8, 4) is 17.2 Å². The van der Waals surface area contributed by atoms with Crippen LogP contribution in [0.25, 0.3) is 6.08 Å². The van der Waals surface area contributed by atoms with Gasteiger partial charge < -0.3 is 18.9 Å². The van der Waals surface area contributed by atoms with Crippen molar-refractivity contribution in [2.75, 3.05) is 27.4 Å². The quantitative estimate of drug-likeness (QED) is 0.260. The number of thiazole rings is 1. The Morgan fingerprint density at radius 2 is 1.79 bits per heavy atom. The molecule has 0 fully saturated rings. The molecule has 0 saturated heterocycles. The molecule has 0 radical (unpaired) electrons. The van der Waals surface area contributed by atoms with Crippen LogP contribution in [0, 0.1) is 0 Å². The van der Waals surface area contributed by atoms with Gasteiger partial charge in [0.1, 0.15) is 5.75 Å². The number of carbonyl (C=O) groups excluding carboxylic acids is 1. The number of carbonyl (C=O) groups is 1. The molecule has 2 aromatic carbocycles. The Labute approximate surface area is 231 Å². The van der Waals surface area contributed by atoms with E-state index in [0.717, 1.165) is 36.1 Å². The van der Waals surface area contributed by atoms with Gasteiger partial charge in [0.2, 0.25) is 0 Å². The van der Waals surface area contributed by atoms with Crippen molar-refractivity contribution < 1.29 is 23.7 Å². The predicted molar refractivity (Wildman–Crippen MR) is 151 cm³/mol. The number of hydrogen-bond donors (Lipinski definition) is 0. The summed E-state index contributed by atoms with van der Waals surface area (Å²) in [5, 5.41) is 0. The maximum atomic E-state index is 13.8. The van der Waals surface area contributed by atoms with E-state index in [1.165, 1.54) is 11.3 Å². The topological polar surface area (TPSA) is 88.4 Å². The number of ether oxygens (including phenoxy) is 4. The smallest absolute Gasteiger partial charge is 0.338 e. The molecule has 0 saturated carbocycles. The van der Waals surface area contributed by atoms with Crippen LogP contribution in [-0.2, 0) is 9.53 Å². The Morgan fingerprint density at radius 3 is 2.46 bits per heavy atom. The van der Waals surface area contributed by atoms with Crippen LogP contribution in [0.4, 0.5) is 0 Å². The van der Waals surface area contributed by atoms with Crippen LogP contribution in [0.1, 0.15) is 57.2 Å². The molecule has 0 aliphatic carbocycles. The van der Waals surface area contributed by atoms with E-state index in [1.54, 1.807) is 44.8 Å². The van der Waals surface area contributed by atoms with Gasteiger partial charge in [-0.15, -0.1) is 0 Å². The second kappa shape index (κ2) is 12.8. The van der Waals surface area contributed by atoms with E-state index in [1.807, 2.05) is 36.4 Å². The Bertz CT molecular complexity index is 1530. The highest BCUT2D eigenvalue weighted by atomic mass is 32.1. The fourth-order valence-corrected chi connectivity index (χ4v) is 5.54. The van der Waals surface area contributed by atoms with Crippen LogP contribution in [-0.4, -0.2) is 38.0 Å². The van der Waals surface area contributed by atoms with Crippen molar-refractivity contribution in [2.24, 2.45) is 4.99 Å². The molecule has 1 atom stereocenters. The Kier molecular flexibility index (Phi) is 9.24. The van der Waals surface area contributed by atoms with Crippen LogP contribution in [0.2, 0.25) is 0 Å². The third-order valence-corrected chi connectivity index (χ3v) is 7.42. The largest absolute Gasteiger partial charge is 0.494 e. The summed E-state index contributed by atoms with van der Waals surface area (Å²) >= 11 is 1.27. The molecular weight excluding hydrogens is 516 g/mol. The van der Waals surface area contributed by atoms with Gasteiger partial charge >= 0.3 is 5.97 Å². The molecule has 0 spiro atoms. The monoisotopic (exact) mass is 550 g/mol. The van der Waals surface area contributed by atoms with E-state index in [2.05, 4.69) is 11.9 Å². The highest BCUT2D eigenvalue weighted by Gasteiger charge is 2.33. The minimum Gasteiger partial charge on any atom is -0.494 e. The first-order chi connectivity index (χ1) is 18.9. The van der Waals surface area contributed by atoms with Crippen molar-refractivity contribution in [2.45, 2.75) is 46.1 Å². The summed E-state index contributed by atoms with van der Waals surface area (Å²) in [6.45, 7) is 6.55. The van der Waals surface area contributed by atoms with Gasteiger partial charge in [-0.25, -0.2) is 9.79 Å². The van der Waals surface area contributed by atoms with Crippen molar-refractivity contribution in [3.05, 3.63) is 84.5 Å². The molecule has 2 heterocycles. The highest BCUT2D eigenvalue weighted by molar-refractivity contribution is 7.07. The van der Waals surface area contributed by atoms with Crippen LogP contribution in [0.15, 0.2) is 63.5 Å². The van der Waals surface area contributed by atoms with Gasteiger partial charge in [0.25, 0.3) is 5.56 Å². The van der Waals surface area contributed by atoms with E-state index >= 15 is 0 Å². The zero-order valence-electron chi connectivity index (χ0n) is 23.0. The standard InChI is InChI=1S/C30H34N2O6S/c1-6-8-9-16-38-22-13-11-21(12-14-22)27-26(29(34)37-7-2)19(3)31-30-32(27)28(33)25(39-30)18-20-10-15-23(35-4)24(17-20)36-5/h10-15,17-18,27H,6-9,16H2,1-5H3/b25-18-. The number of hydrogen-bond acceptors (Lipinski definition) is 8. The SMILES string of the molecule is CCCCCOc1ccc(C2C(C(=O)OCC)=C(C)N=c3s/c(=C\c4ccc(OC)c(OC)c4)c(=O)n32)cc1. The summed E-state index contributed by atoms with van der Waals surface area (Å²) in [5.41, 5.74) is 2.18. The van der Waals surface area contributed by atoms with Gasteiger partial charge in [-0.05, 0) is 61.7 Å². The number of unbranched alkanes of at least 4 members (excludes halogenated alkanes) is 2. The van der Waals surface area contributed by atoms with Gasteiger partial charge in [-0.2, -0.15) is 0 Å². The molecule has 1 unspecified atom stereocenters. The average molecular weight is 551 g/mol. The van der Waals surface area contributed by atoms with Crippen LogP contribution in [0.3, 0.4) is 0 Å². The summed E-state index contributed by atoms with van der Waals surface area (Å²) in [6.07, 6.45) is 5.02. The van der Waals surface area contributed by atoms with Crippen molar-refractivity contribution in [1.82, 2.24) is 4.57 Å². The number of rotatable bonds is 11. The van der Waals surface area contributed by atoms with Crippen LogP contribution in [0.5, 0.6) is 17.2 Å². The fourth-order valence-electron chi connectivity index (χ4n) is 4.49. The maximum absolute atomic E-state index is 13.8. The Morgan fingerprint density at radius 1 is 1.05 bits per heavy atom. The lowest BCUT2D eigenvalue weighted by Crippen LogP contribution is -2.39. The van der Waals surface area contributed by atoms with Crippen molar-refractivity contribution in [1.29, 1.82) is 0 Å². The van der Waals surface area contributed by atoms with Crippen molar-refractivity contribution in [3.63, 3.8) is 0 Å². The summed E-state index contributed by atoms with van der Waals surface area (Å²) in [6, 6.07) is 12.3. The third-order valence-electron chi connectivity index (χ3n) is 6.43. The number of methoxy groups -OCH3 is 2. The maximum Gasteiger partial charge on any atom is 0.338 e. The minimum absolute atomic E-state index is 0.219. The Balaban J connectivity index is 1.80. The Hall–Kier alpha value is -3.85. The molecule has 8 nitrogen and oxygen atoms in total. The second-order valence-corrected chi connectivity index (χ2v) is 10.1. The van der Waals surface area contributed by atoms with Crippen LogP contribution >= 0.6 is 11.3 Å². The first-order valence-corrected chi connectivity index (χ1v) is 13.9. The summed E-state index contributed by atoms with van der Waals surface area (Å²) in [7, 11) is 3.14. The molecule has 9 heteroatoms. The molecule has 1 aromatic heterocycles. The lowest BCUT2D eigenvalue weighted by Gasteiger charge is -2.24. The summed E-state index contributed by atoms with van der Waals surface area (Å²) in [4.78, 5) is 32.1. The van der Waals surface area contributed by atoms with E-state index in [0.29, 0.717) is 38.7 Å². The van der Waals surface area contributed by atoms with Gasteiger partial charge in [-0.1, -0.05) is 49.3 Å². The van der Waals surface area contributed by atoms with Crippen LogP contribution < -0.4 is 29.1 Å². The predicted octanol–water partition coefficient (Wildman–Crippen LogP) is 4.38. The molecule has 1 aliphatic rings. The number of fused-ring (bicyclic) bond motifs is 1. The number of aromatic nitrogens is 1. The molecule has 3 aromatic rings. The molecule has 4 rings (SSSR count). The number of allylic oxidation sites excluding steroid dienone is 1. The van der Waals surface area contributed by atoms with E-state index in [-0.39, 0.29) is 12.2 Å². The van der Waals surface area contributed by atoms with E-state index < -0.39 is 12.0 Å². The summed E-state index contributed by atoms with van der Waals surface area (Å²) < 4.78 is 24.1. The molecular formula is C30H34N2O6S. The molecule has 0 bridgehead atoms. The zero-order valence-corrected chi connectivity index (χ0v) is 23.8. The second-order valence-electron chi connectivity index (χ2n) is 9.04. The van der Waals surface area contributed by atoms with Gasteiger partial charge in [0, 0.05) is 0 Å². The van der Waals surface area contributed by atoms with Crippen molar-refractivity contribution >= 4 is 23.4 Å². The van der Waals surface area contributed by atoms with Gasteiger partial charge in [-0.3, -0.25) is 9.36 Å². The molecule has 0 N–H and O–H groups in total. The lowest BCUT2D eigenvalue weighted by atomic mass is 9.96. The molecule has 1 aliphatic heterocycles. The molecule has 206 valence electrons. The summed E-state index contributed by atoms with van der Waals surface area (Å²) in [5.74, 6) is 1.42. The first kappa shape index (κ1) is 28.2. The first-order valence-electron chi connectivity index (χ1n) is 13.1. The normalized spacial score (nSPS) is 15.0. The van der Waals surface area contributed by atoms with Gasteiger partial charge in [0.15, 0.2) is 16.3 Å². The number of benzene rings is 2. The third kappa shape index (κ3) is 6.09. The average Bonchev–Trinajstić information content (AvgIpc) is 3.24. The molecule has 0 amide bonds. The van der Waals surface area contributed by atoms with E-state index in [9.17, 15) is 9.59 Å². The minimum atomic E-state index is -0.679. The highest BCUT2D eigenvalue weighted by Crippen LogP contribution is 2.32. The number of nitrogens with zero attached hydrogens (tertiary/aromatic N) is 2. The fraction of sp³-hybridized carbons (Fsp3) is 0.367.